The van der Waals surface area contributed by atoms with Gasteiger partial charge in [0.05, 0.1) is 25.7 Å². The summed E-state index contributed by atoms with van der Waals surface area (Å²) in [5, 5.41) is 15.5. The first kappa shape index (κ1) is 24.0. The van der Waals surface area contributed by atoms with Crippen LogP contribution in [0.15, 0.2) is 53.5 Å². The molecule has 170 valence electrons. The summed E-state index contributed by atoms with van der Waals surface area (Å²) in [5.74, 6) is 3.45. The Bertz CT molecular complexity index is 1060. The predicted octanol–water partition coefficient (Wildman–Crippen LogP) is 4.06. The number of aliphatic imine (C=N–C) groups is 1. The number of rotatable bonds is 6. The molecule has 1 aliphatic heterocycles. The van der Waals surface area contributed by atoms with Gasteiger partial charge in [0.1, 0.15) is 11.6 Å². The Morgan fingerprint density at radius 1 is 1.12 bits per heavy atom. The summed E-state index contributed by atoms with van der Waals surface area (Å²) in [7, 11) is 1.98. The van der Waals surface area contributed by atoms with Crippen molar-refractivity contribution in [2.75, 3.05) is 6.61 Å². The smallest absolute Gasteiger partial charge is 0.192 e. The lowest BCUT2D eigenvalue weighted by Crippen LogP contribution is -2.41. The number of guanidine groups is 1. The Morgan fingerprint density at radius 3 is 2.62 bits per heavy atom. The molecule has 8 heteroatoms. The lowest BCUT2D eigenvalue weighted by Gasteiger charge is -2.28. The van der Waals surface area contributed by atoms with Gasteiger partial charge in [-0.2, -0.15) is 0 Å². The molecular weight excluding hydrogens is 515 g/mol. The van der Waals surface area contributed by atoms with Crippen molar-refractivity contribution in [1.82, 2.24) is 25.4 Å². The van der Waals surface area contributed by atoms with E-state index in [1.165, 1.54) is 11.1 Å². The second kappa shape index (κ2) is 11.3. The Hall–Kier alpha value is -2.62. The number of nitrogens with zero attached hydrogens (tertiary/aromatic N) is 4. The normalized spacial score (nSPS) is 15.3. The zero-order chi connectivity index (χ0) is 21.6. The molecule has 2 N–H and O–H groups in total. The number of para-hydroxylation sites is 1. The maximum Gasteiger partial charge on any atom is 0.192 e. The van der Waals surface area contributed by atoms with E-state index >= 15 is 0 Å². The molecule has 1 aliphatic rings. The van der Waals surface area contributed by atoms with Crippen molar-refractivity contribution in [2.24, 2.45) is 12.0 Å². The van der Waals surface area contributed by atoms with Crippen molar-refractivity contribution >= 4 is 29.9 Å². The highest BCUT2D eigenvalue weighted by atomic mass is 127. The zero-order valence-corrected chi connectivity index (χ0v) is 21.2. The highest BCUT2D eigenvalue weighted by Crippen LogP contribution is 2.31. The van der Waals surface area contributed by atoms with Gasteiger partial charge in [0.15, 0.2) is 11.8 Å². The van der Waals surface area contributed by atoms with Crippen molar-refractivity contribution in [1.29, 1.82) is 0 Å². The second-order valence-electron chi connectivity index (χ2n) is 7.73. The van der Waals surface area contributed by atoms with Crippen molar-refractivity contribution in [2.45, 2.75) is 45.8 Å². The number of ether oxygens (including phenoxy) is 1. The molecule has 0 aliphatic carbocycles. The predicted molar refractivity (Wildman–Crippen MR) is 137 cm³/mol. The molecule has 0 saturated heterocycles. The van der Waals surface area contributed by atoms with Crippen LogP contribution < -0.4 is 15.4 Å². The van der Waals surface area contributed by atoms with Crippen LogP contribution in [0.3, 0.4) is 0 Å². The van der Waals surface area contributed by atoms with Gasteiger partial charge in [0.25, 0.3) is 0 Å². The first-order valence-electron chi connectivity index (χ1n) is 10.8. The summed E-state index contributed by atoms with van der Waals surface area (Å²) in [5.41, 5.74) is 3.73. The number of fused-ring (bicyclic) bond motifs is 1. The Morgan fingerprint density at radius 2 is 1.88 bits per heavy atom. The van der Waals surface area contributed by atoms with Gasteiger partial charge in [-0.3, -0.25) is 0 Å². The molecule has 3 aromatic rings. The van der Waals surface area contributed by atoms with E-state index in [0.717, 1.165) is 41.8 Å². The van der Waals surface area contributed by atoms with E-state index in [2.05, 4.69) is 58.1 Å². The highest BCUT2D eigenvalue weighted by molar-refractivity contribution is 14.0. The molecule has 0 saturated carbocycles. The maximum atomic E-state index is 5.82. The van der Waals surface area contributed by atoms with E-state index in [0.29, 0.717) is 19.7 Å². The number of aromatic nitrogens is 3. The van der Waals surface area contributed by atoms with Gasteiger partial charge < -0.3 is 19.9 Å². The third kappa shape index (κ3) is 5.59. The number of nitrogens with one attached hydrogen (secondary N) is 2. The monoisotopic (exact) mass is 546 g/mol. The van der Waals surface area contributed by atoms with Gasteiger partial charge in [-0.25, -0.2) is 4.99 Å². The summed E-state index contributed by atoms with van der Waals surface area (Å²) in [6.07, 6.45) is 1.87. The maximum absolute atomic E-state index is 5.82. The van der Waals surface area contributed by atoms with Gasteiger partial charge in [-0.05, 0) is 30.5 Å². The van der Waals surface area contributed by atoms with Crippen molar-refractivity contribution in [3.05, 3.63) is 76.9 Å². The minimum Gasteiger partial charge on any atom is -0.493 e. The summed E-state index contributed by atoms with van der Waals surface area (Å²) in [4.78, 5) is 4.92. The van der Waals surface area contributed by atoms with Gasteiger partial charge in [-0.15, -0.1) is 34.2 Å². The van der Waals surface area contributed by atoms with E-state index in [-0.39, 0.29) is 30.0 Å². The van der Waals surface area contributed by atoms with E-state index in [1.807, 2.05) is 36.7 Å². The zero-order valence-electron chi connectivity index (χ0n) is 18.8. The molecule has 1 atom stereocenters. The van der Waals surface area contributed by atoms with Crippen molar-refractivity contribution in [3.8, 4) is 5.75 Å². The van der Waals surface area contributed by atoms with Crippen LogP contribution in [0.1, 0.15) is 47.7 Å². The molecule has 32 heavy (non-hydrogen) atoms. The number of hydrogen-bond acceptors (Lipinski definition) is 4. The third-order valence-electron chi connectivity index (χ3n) is 5.77. The quantitative estimate of drug-likeness (QED) is 0.277. The Balaban J connectivity index is 0.00000289. The first-order chi connectivity index (χ1) is 15.2. The summed E-state index contributed by atoms with van der Waals surface area (Å²) >= 11 is 0. The van der Waals surface area contributed by atoms with Crippen LogP contribution in [-0.4, -0.2) is 27.3 Å². The molecule has 0 spiro atoms. The summed E-state index contributed by atoms with van der Waals surface area (Å²) < 4.78 is 7.81. The van der Waals surface area contributed by atoms with E-state index in [4.69, 9.17) is 9.73 Å². The second-order valence-corrected chi connectivity index (χ2v) is 7.73. The Labute approximate surface area is 206 Å². The van der Waals surface area contributed by atoms with Crippen LogP contribution in [0.2, 0.25) is 0 Å². The molecule has 0 fully saturated rings. The lowest BCUT2D eigenvalue weighted by molar-refractivity contribution is 0.261. The highest BCUT2D eigenvalue weighted by Gasteiger charge is 2.22. The van der Waals surface area contributed by atoms with Crippen LogP contribution in [0.25, 0.3) is 0 Å². The number of benzene rings is 2. The molecule has 2 heterocycles. The van der Waals surface area contributed by atoms with Gasteiger partial charge in [-0.1, -0.05) is 49.4 Å². The molecular formula is C24H31IN6O. The van der Waals surface area contributed by atoms with E-state index in [9.17, 15) is 0 Å². The van der Waals surface area contributed by atoms with Crippen LogP contribution in [0, 0.1) is 6.92 Å². The van der Waals surface area contributed by atoms with Gasteiger partial charge >= 0.3 is 0 Å². The number of hydrogen-bond donors (Lipinski definition) is 2. The van der Waals surface area contributed by atoms with Gasteiger partial charge in [0, 0.05) is 19.0 Å². The number of aryl methyl sites for hydroxylation is 2. The van der Waals surface area contributed by atoms with Crippen molar-refractivity contribution in [3.63, 3.8) is 0 Å². The topological polar surface area (TPSA) is 76.4 Å². The SMILES string of the molecule is CCc1ccccc1CN=C(NCc1nnc(C)n1C)NC1CCOc2ccccc21.I. The minimum atomic E-state index is 0. The Kier molecular flexibility index (Phi) is 8.49. The lowest BCUT2D eigenvalue weighted by atomic mass is 10.0. The molecule has 0 radical (unpaired) electrons. The fourth-order valence-corrected chi connectivity index (χ4v) is 3.80. The average Bonchev–Trinajstić information content (AvgIpc) is 3.13. The molecule has 0 bridgehead atoms. The van der Waals surface area contributed by atoms with Crippen LogP contribution in [-0.2, 0) is 26.6 Å². The standard InChI is InChI=1S/C24H30N6O.HI/c1-4-18-9-5-6-10-19(18)15-25-24(26-16-23-29-28-17(2)30(23)3)27-21-13-14-31-22-12-8-7-11-20(21)22;/h5-12,21H,4,13-16H2,1-3H3,(H2,25,26,27);1H. The molecule has 1 aromatic heterocycles. The fourth-order valence-electron chi connectivity index (χ4n) is 3.80. The first-order valence-corrected chi connectivity index (χ1v) is 10.8. The van der Waals surface area contributed by atoms with Crippen LogP contribution in [0.4, 0.5) is 0 Å². The van der Waals surface area contributed by atoms with E-state index < -0.39 is 0 Å². The molecule has 7 nitrogen and oxygen atoms in total. The third-order valence-corrected chi connectivity index (χ3v) is 5.77. The minimum absolute atomic E-state index is 0. The van der Waals surface area contributed by atoms with E-state index in [1.54, 1.807) is 0 Å². The molecule has 1 unspecified atom stereocenters. The molecule has 0 amide bonds. The average molecular weight is 546 g/mol. The fraction of sp³-hybridized carbons (Fsp3) is 0.375. The molecule has 4 rings (SSSR count). The van der Waals surface area contributed by atoms with Crippen LogP contribution >= 0.6 is 24.0 Å². The largest absolute Gasteiger partial charge is 0.493 e. The van der Waals surface area contributed by atoms with Gasteiger partial charge in [0.2, 0.25) is 0 Å². The van der Waals surface area contributed by atoms with Crippen molar-refractivity contribution < 1.29 is 4.74 Å². The van der Waals surface area contributed by atoms with Crippen LogP contribution in [0.5, 0.6) is 5.75 Å². The number of halogens is 1. The molecule has 2 aromatic carbocycles. The summed E-state index contributed by atoms with van der Waals surface area (Å²) in [6, 6.07) is 16.8. The summed E-state index contributed by atoms with van der Waals surface area (Å²) in [6.45, 7) is 5.97.